The molecule has 0 aromatic carbocycles. The van der Waals surface area contributed by atoms with Gasteiger partial charge < -0.3 is 19.9 Å². The molecular formula is C13H24N4O2. The molecule has 0 fully saturated rings. The molecule has 1 aromatic rings. The van der Waals surface area contributed by atoms with Crippen LogP contribution in [0.2, 0.25) is 0 Å². The van der Waals surface area contributed by atoms with Crippen LogP contribution in [-0.4, -0.2) is 55.3 Å². The Labute approximate surface area is 114 Å². The van der Waals surface area contributed by atoms with Crippen LogP contribution in [0.3, 0.4) is 0 Å². The van der Waals surface area contributed by atoms with Gasteiger partial charge in [-0.05, 0) is 7.05 Å². The predicted octanol–water partition coefficient (Wildman–Crippen LogP) is 0.883. The molecule has 6 heteroatoms. The normalized spacial score (nSPS) is 11.3. The zero-order valence-corrected chi connectivity index (χ0v) is 12.2. The summed E-state index contributed by atoms with van der Waals surface area (Å²) < 4.78 is 5.02. The number of rotatable bonds is 8. The average Bonchev–Trinajstić information content (AvgIpc) is 2.35. The molecule has 108 valence electrons. The Morgan fingerprint density at radius 1 is 1.47 bits per heavy atom. The zero-order chi connectivity index (χ0) is 14.3. The Balaban J connectivity index is 2.47. The van der Waals surface area contributed by atoms with E-state index in [0.29, 0.717) is 11.6 Å². The highest BCUT2D eigenvalue weighted by Gasteiger charge is 2.05. The fraction of sp³-hybridized carbons (Fsp3) is 0.692. The van der Waals surface area contributed by atoms with Crippen molar-refractivity contribution in [2.24, 2.45) is 0 Å². The predicted molar refractivity (Wildman–Crippen MR) is 76.8 cm³/mol. The number of aromatic nitrogens is 2. The van der Waals surface area contributed by atoms with Gasteiger partial charge in [0, 0.05) is 38.7 Å². The SMILES string of the molecule is COCCN(C)CCNc1cc(=O)[nH]c(C(C)C)n1. The van der Waals surface area contributed by atoms with Crippen molar-refractivity contribution in [2.45, 2.75) is 19.8 Å². The second-order valence-corrected chi connectivity index (χ2v) is 4.89. The summed E-state index contributed by atoms with van der Waals surface area (Å²) in [6.45, 7) is 7.22. The van der Waals surface area contributed by atoms with Gasteiger partial charge in [0.25, 0.3) is 5.56 Å². The van der Waals surface area contributed by atoms with Crippen LogP contribution in [-0.2, 0) is 4.74 Å². The highest BCUT2D eigenvalue weighted by Crippen LogP contribution is 2.08. The summed E-state index contributed by atoms with van der Waals surface area (Å²) in [6.07, 6.45) is 0. The van der Waals surface area contributed by atoms with Crippen LogP contribution in [0.15, 0.2) is 10.9 Å². The van der Waals surface area contributed by atoms with E-state index in [1.807, 2.05) is 20.9 Å². The minimum atomic E-state index is -0.117. The molecule has 0 saturated heterocycles. The molecule has 0 aliphatic rings. The van der Waals surface area contributed by atoms with Gasteiger partial charge in [0.2, 0.25) is 0 Å². The first kappa shape index (κ1) is 15.7. The van der Waals surface area contributed by atoms with Crippen molar-refractivity contribution in [1.29, 1.82) is 0 Å². The molecule has 0 spiro atoms. The lowest BCUT2D eigenvalue weighted by Gasteiger charge is -2.16. The average molecular weight is 268 g/mol. The molecule has 6 nitrogen and oxygen atoms in total. The van der Waals surface area contributed by atoms with E-state index in [4.69, 9.17) is 4.74 Å². The Morgan fingerprint density at radius 3 is 2.84 bits per heavy atom. The number of H-pyrrole nitrogens is 1. The van der Waals surface area contributed by atoms with E-state index in [1.54, 1.807) is 7.11 Å². The monoisotopic (exact) mass is 268 g/mol. The topological polar surface area (TPSA) is 70.2 Å². The first-order valence-electron chi connectivity index (χ1n) is 6.55. The summed E-state index contributed by atoms with van der Waals surface area (Å²) in [7, 11) is 3.73. The quantitative estimate of drug-likeness (QED) is 0.732. The lowest BCUT2D eigenvalue weighted by molar-refractivity contribution is 0.163. The molecule has 2 N–H and O–H groups in total. The number of aromatic amines is 1. The Kier molecular flexibility index (Phi) is 6.52. The second kappa shape index (κ2) is 7.91. The van der Waals surface area contributed by atoms with Crippen molar-refractivity contribution in [1.82, 2.24) is 14.9 Å². The number of ether oxygens (including phenoxy) is 1. The van der Waals surface area contributed by atoms with Crippen LogP contribution in [0.4, 0.5) is 5.82 Å². The van der Waals surface area contributed by atoms with Crippen LogP contribution < -0.4 is 10.9 Å². The van der Waals surface area contributed by atoms with Crippen molar-refractivity contribution in [3.05, 3.63) is 22.2 Å². The zero-order valence-electron chi connectivity index (χ0n) is 12.2. The van der Waals surface area contributed by atoms with E-state index in [9.17, 15) is 4.79 Å². The molecule has 19 heavy (non-hydrogen) atoms. The van der Waals surface area contributed by atoms with Gasteiger partial charge in [0.05, 0.1) is 6.61 Å². The maximum absolute atomic E-state index is 11.5. The number of nitrogens with one attached hydrogen (secondary N) is 2. The summed E-state index contributed by atoms with van der Waals surface area (Å²) in [6, 6.07) is 1.49. The molecular weight excluding hydrogens is 244 g/mol. The number of hydrogen-bond donors (Lipinski definition) is 2. The van der Waals surface area contributed by atoms with Gasteiger partial charge in [-0.3, -0.25) is 4.79 Å². The third-order valence-electron chi connectivity index (χ3n) is 2.78. The van der Waals surface area contributed by atoms with Crippen LogP contribution in [0, 0.1) is 0 Å². The number of likely N-dealkylation sites (N-methyl/N-ethyl adjacent to an activating group) is 1. The standard InChI is InChI=1S/C13H24N4O2/c1-10(2)13-15-11(9-12(18)16-13)14-5-6-17(3)7-8-19-4/h9-10H,5-8H2,1-4H3,(H2,14,15,16,18). The van der Waals surface area contributed by atoms with Gasteiger partial charge in [0.1, 0.15) is 11.6 Å². The van der Waals surface area contributed by atoms with E-state index in [-0.39, 0.29) is 11.5 Å². The highest BCUT2D eigenvalue weighted by atomic mass is 16.5. The van der Waals surface area contributed by atoms with Gasteiger partial charge in [0.15, 0.2) is 0 Å². The van der Waals surface area contributed by atoms with E-state index in [0.717, 1.165) is 26.2 Å². The van der Waals surface area contributed by atoms with Gasteiger partial charge in [-0.1, -0.05) is 13.8 Å². The lowest BCUT2D eigenvalue weighted by Crippen LogP contribution is -2.28. The molecule has 1 aromatic heterocycles. The highest BCUT2D eigenvalue weighted by molar-refractivity contribution is 5.33. The van der Waals surface area contributed by atoms with Crippen molar-refractivity contribution in [3.63, 3.8) is 0 Å². The first-order valence-corrected chi connectivity index (χ1v) is 6.55. The largest absolute Gasteiger partial charge is 0.383 e. The summed E-state index contributed by atoms with van der Waals surface area (Å²) in [5, 5.41) is 3.17. The van der Waals surface area contributed by atoms with Crippen molar-refractivity contribution in [3.8, 4) is 0 Å². The third-order valence-corrected chi connectivity index (χ3v) is 2.78. The summed E-state index contributed by atoms with van der Waals surface area (Å²) in [5.74, 6) is 1.55. The molecule has 0 aliphatic carbocycles. The minimum Gasteiger partial charge on any atom is -0.383 e. The van der Waals surface area contributed by atoms with Gasteiger partial charge in [-0.25, -0.2) is 4.98 Å². The van der Waals surface area contributed by atoms with Crippen LogP contribution in [0.25, 0.3) is 0 Å². The fourth-order valence-electron chi connectivity index (χ4n) is 1.57. The van der Waals surface area contributed by atoms with E-state index in [2.05, 4.69) is 20.2 Å². The summed E-state index contributed by atoms with van der Waals surface area (Å²) >= 11 is 0. The molecule has 1 rings (SSSR count). The summed E-state index contributed by atoms with van der Waals surface area (Å²) in [5.41, 5.74) is -0.117. The molecule has 0 amide bonds. The molecule has 0 atom stereocenters. The van der Waals surface area contributed by atoms with E-state index >= 15 is 0 Å². The first-order chi connectivity index (χ1) is 9.02. The van der Waals surface area contributed by atoms with Crippen LogP contribution >= 0.6 is 0 Å². The molecule has 0 aliphatic heterocycles. The second-order valence-electron chi connectivity index (χ2n) is 4.89. The number of hydrogen-bond acceptors (Lipinski definition) is 5. The summed E-state index contributed by atoms with van der Waals surface area (Å²) in [4.78, 5) is 20.8. The number of nitrogens with zero attached hydrogens (tertiary/aromatic N) is 2. The van der Waals surface area contributed by atoms with Crippen molar-refractivity contribution in [2.75, 3.05) is 45.7 Å². The molecule has 0 bridgehead atoms. The van der Waals surface area contributed by atoms with Crippen LogP contribution in [0.1, 0.15) is 25.6 Å². The molecule has 1 heterocycles. The van der Waals surface area contributed by atoms with E-state index in [1.165, 1.54) is 6.07 Å². The van der Waals surface area contributed by atoms with E-state index < -0.39 is 0 Å². The van der Waals surface area contributed by atoms with Crippen molar-refractivity contribution < 1.29 is 4.74 Å². The third kappa shape index (κ3) is 5.85. The number of anilines is 1. The molecule has 0 radical (unpaired) electrons. The van der Waals surface area contributed by atoms with Crippen molar-refractivity contribution >= 4 is 5.82 Å². The van der Waals surface area contributed by atoms with Gasteiger partial charge in [-0.15, -0.1) is 0 Å². The number of methoxy groups -OCH3 is 1. The lowest BCUT2D eigenvalue weighted by atomic mass is 10.2. The maximum atomic E-state index is 11.5. The molecule has 0 saturated carbocycles. The van der Waals surface area contributed by atoms with Gasteiger partial charge >= 0.3 is 0 Å². The van der Waals surface area contributed by atoms with Crippen LogP contribution in [0.5, 0.6) is 0 Å². The Morgan fingerprint density at radius 2 is 2.21 bits per heavy atom. The fourth-order valence-corrected chi connectivity index (χ4v) is 1.57. The smallest absolute Gasteiger partial charge is 0.252 e. The Hall–Kier alpha value is -1.40. The minimum absolute atomic E-state index is 0.117. The maximum Gasteiger partial charge on any atom is 0.252 e. The Bertz CT molecular complexity index is 431. The molecule has 0 unspecified atom stereocenters. The van der Waals surface area contributed by atoms with Gasteiger partial charge in [-0.2, -0.15) is 0 Å².